The maximum absolute atomic E-state index is 12.1. The van der Waals surface area contributed by atoms with Gasteiger partial charge in [0.05, 0.1) is 12.3 Å². The highest BCUT2D eigenvalue weighted by molar-refractivity contribution is 5.95. The fourth-order valence-corrected chi connectivity index (χ4v) is 3.05. The number of esters is 1. The van der Waals surface area contributed by atoms with Crippen molar-refractivity contribution in [3.8, 4) is 0 Å². The van der Waals surface area contributed by atoms with Crippen LogP contribution in [-0.4, -0.2) is 17.6 Å². The highest BCUT2D eigenvalue weighted by Crippen LogP contribution is 2.32. The van der Waals surface area contributed by atoms with E-state index < -0.39 is 5.97 Å². The second kappa shape index (κ2) is 7.30. The molecular weight excluding hydrogens is 300 g/mol. The number of carbonyl (C=O) groups is 1. The van der Waals surface area contributed by atoms with E-state index in [1.807, 2.05) is 24.3 Å². The summed E-state index contributed by atoms with van der Waals surface area (Å²) in [7, 11) is 0. The molecule has 0 radical (unpaired) electrons. The van der Waals surface area contributed by atoms with Crippen LogP contribution in [0.4, 0.5) is 5.82 Å². The van der Waals surface area contributed by atoms with Crippen LogP contribution in [0.1, 0.15) is 53.4 Å². The van der Waals surface area contributed by atoms with Gasteiger partial charge in [-0.15, -0.1) is 0 Å². The van der Waals surface area contributed by atoms with E-state index in [0.717, 1.165) is 42.5 Å². The first kappa shape index (κ1) is 16.2. The van der Waals surface area contributed by atoms with Gasteiger partial charge in [-0.2, -0.15) is 0 Å². The van der Waals surface area contributed by atoms with Crippen molar-refractivity contribution in [2.24, 2.45) is 0 Å². The summed E-state index contributed by atoms with van der Waals surface area (Å²) in [4.78, 5) is 16.6. The maximum Gasteiger partial charge on any atom is 0.341 e. The number of rotatable bonds is 3. The number of nitrogens with two attached hydrogens (primary N) is 1. The lowest BCUT2D eigenvalue weighted by Gasteiger charge is -2.12. The summed E-state index contributed by atoms with van der Waals surface area (Å²) in [5, 5.41) is 0. The molecule has 1 aromatic carbocycles. The normalized spacial score (nSPS) is 15.6. The zero-order valence-electron chi connectivity index (χ0n) is 13.9. The van der Waals surface area contributed by atoms with Crippen LogP contribution >= 0.6 is 0 Å². The van der Waals surface area contributed by atoms with Gasteiger partial charge in [0.2, 0.25) is 0 Å². The zero-order valence-corrected chi connectivity index (χ0v) is 13.9. The number of hydrogen-bond acceptors (Lipinski definition) is 4. The molecule has 0 atom stereocenters. The van der Waals surface area contributed by atoms with E-state index in [0.29, 0.717) is 12.2 Å². The number of allylic oxidation sites excluding steroid dienone is 1. The fourth-order valence-electron chi connectivity index (χ4n) is 3.05. The highest BCUT2D eigenvalue weighted by atomic mass is 16.5. The topological polar surface area (TPSA) is 65.2 Å². The van der Waals surface area contributed by atoms with E-state index in [1.54, 1.807) is 6.92 Å². The number of anilines is 1. The molecule has 4 nitrogen and oxygen atoms in total. The number of carbonyl (C=O) groups excluding carboxylic acids is 1. The standard InChI is InChI=1S/C20H22N2O2/c1-2-24-20(23)17-13-16-11-7-6-10-15(18(16)22-19(17)21)12-14-8-4-3-5-9-14/h3-5,8-9,12-13H,2,6-7,10-11H2,1H3,(H2,21,22). The molecule has 3 rings (SSSR count). The van der Waals surface area contributed by atoms with Gasteiger partial charge >= 0.3 is 5.97 Å². The minimum atomic E-state index is -0.400. The predicted octanol–water partition coefficient (Wildman–Crippen LogP) is 4.11. The van der Waals surface area contributed by atoms with Crippen LogP contribution in [0.25, 0.3) is 11.6 Å². The molecule has 0 amide bonds. The van der Waals surface area contributed by atoms with Crippen LogP contribution in [0.3, 0.4) is 0 Å². The van der Waals surface area contributed by atoms with Crippen molar-refractivity contribution in [3.05, 3.63) is 58.8 Å². The molecule has 2 aromatic rings. The Morgan fingerprint density at radius 2 is 2.00 bits per heavy atom. The number of pyridine rings is 1. The smallest absolute Gasteiger partial charge is 0.341 e. The molecule has 24 heavy (non-hydrogen) atoms. The lowest BCUT2D eigenvalue weighted by molar-refractivity contribution is 0.0527. The second-order valence-electron chi connectivity index (χ2n) is 5.94. The Hall–Kier alpha value is -2.62. The Kier molecular flexibility index (Phi) is 4.94. The Labute approximate surface area is 142 Å². The van der Waals surface area contributed by atoms with Gasteiger partial charge in [0.1, 0.15) is 11.4 Å². The summed E-state index contributed by atoms with van der Waals surface area (Å²) >= 11 is 0. The molecule has 0 bridgehead atoms. The van der Waals surface area contributed by atoms with E-state index in [9.17, 15) is 4.79 Å². The number of nitrogens with zero attached hydrogens (tertiary/aromatic N) is 1. The third-order valence-electron chi connectivity index (χ3n) is 4.21. The van der Waals surface area contributed by atoms with Crippen LogP contribution in [0.2, 0.25) is 0 Å². The minimum Gasteiger partial charge on any atom is -0.462 e. The first-order valence-corrected chi connectivity index (χ1v) is 8.41. The number of hydrogen-bond donors (Lipinski definition) is 1. The van der Waals surface area contributed by atoms with Crippen LogP contribution in [-0.2, 0) is 11.2 Å². The third-order valence-corrected chi connectivity index (χ3v) is 4.21. The Morgan fingerprint density at radius 3 is 2.75 bits per heavy atom. The van der Waals surface area contributed by atoms with Crippen LogP contribution in [0, 0.1) is 0 Å². The van der Waals surface area contributed by atoms with Crippen LogP contribution in [0.15, 0.2) is 36.4 Å². The van der Waals surface area contributed by atoms with Gasteiger partial charge in [-0.25, -0.2) is 9.78 Å². The van der Waals surface area contributed by atoms with Crippen molar-refractivity contribution < 1.29 is 9.53 Å². The molecule has 1 aliphatic carbocycles. The molecular formula is C20H22N2O2. The number of benzene rings is 1. The number of aromatic nitrogens is 1. The van der Waals surface area contributed by atoms with E-state index in [-0.39, 0.29) is 5.82 Å². The summed E-state index contributed by atoms with van der Waals surface area (Å²) in [6, 6.07) is 12.1. The predicted molar refractivity (Wildman–Crippen MR) is 96.5 cm³/mol. The first-order chi connectivity index (χ1) is 11.7. The maximum atomic E-state index is 12.1. The summed E-state index contributed by atoms with van der Waals surface area (Å²) in [5.41, 5.74) is 10.7. The molecule has 0 aliphatic heterocycles. The molecule has 0 unspecified atom stereocenters. The molecule has 0 spiro atoms. The molecule has 4 heteroatoms. The quantitative estimate of drug-likeness (QED) is 0.682. The number of aryl methyl sites for hydroxylation is 1. The Balaban J connectivity index is 2.05. The van der Waals surface area contributed by atoms with Gasteiger partial charge in [-0.3, -0.25) is 0 Å². The van der Waals surface area contributed by atoms with Crippen molar-refractivity contribution in [2.75, 3.05) is 12.3 Å². The van der Waals surface area contributed by atoms with E-state index in [4.69, 9.17) is 10.5 Å². The summed E-state index contributed by atoms with van der Waals surface area (Å²) < 4.78 is 5.08. The lowest BCUT2D eigenvalue weighted by Crippen LogP contribution is -2.12. The van der Waals surface area contributed by atoms with Crippen LogP contribution < -0.4 is 5.73 Å². The van der Waals surface area contributed by atoms with E-state index in [1.165, 1.54) is 5.57 Å². The van der Waals surface area contributed by atoms with Crippen molar-refractivity contribution in [1.29, 1.82) is 0 Å². The first-order valence-electron chi connectivity index (χ1n) is 8.41. The monoisotopic (exact) mass is 322 g/mol. The van der Waals surface area contributed by atoms with Crippen molar-refractivity contribution in [1.82, 2.24) is 4.98 Å². The zero-order chi connectivity index (χ0) is 16.9. The SMILES string of the molecule is CCOC(=O)c1cc2c(nc1N)C(=Cc1ccccc1)CCCC2. The summed E-state index contributed by atoms with van der Waals surface area (Å²) in [5.74, 6) is -0.156. The Morgan fingerprint density at radius 1 is 1.25 bits per heavy atom. The molecule has 1 aliphatic rings. The van der Waals surface area contributed by atoms with Crippen molar-refractivity contribution >= 4 is 23.4 Å². The molecule has 1 heterocycles. The fraction of sp³-hybridized carbons (Fsp3) is 0.300. The average molecular weight is 322 g/mol. The molecule has 124 valence electrons. The van der Waals surface area contributed by atoms with Crippen molar-refractivity contribution in [2.45, 2.75) is 32.6 Å². The highest BCUT2D eigenvalue weighted by Gasteiger charge is 2.20. The largest absolute Gasteiger partial charge is 0.462 e. The van der Waals surface area contributed by atoms with Gasteiger partial charge in [-0.1, -0.05) is 30.3 Å². The number of fused-ring (bicyclic) bond motifs is 1. The summed E-state index contributed by atoms with van der Waals surface area (Å²) in [6.07, 6.45) is 6.21. The van der Waals surface area contributed by atoms with Gasteiger partial charge in [0.15, 0.2) is 0 Å². The van der Waals surface area contributed by atoms with Gasteiger partial charge < -0.3 is 10.5 Å². The number of nitrogen functional groups attached to an aromatic ring is 1. The Bertz CT molecular complexity index is 767. The van der Waals surface area contributed by atoms with Gasteiger partial charge in [-0.05, 0) is 61.4 Å². The van der Waals surface area contributed by atoms with E-state index in [2.05, 4.69) is 23.2 Å². The van der Waals surface area contributed by atoms with Gasteiger partial charge in [0, 0.05) is 0 Å². The van der Waals surface area contributed by atoms with E-state index >= 15 is 0 Å². The molecule has 0 saturated heterocycles. The average Bonchev–Trinajstić information content (AvgIpc) is 2.77. The minimum absolute atomic E-state index is 0.244. The van der Waals surface area contributed by atoms with Gasteiger partial charge in [0.25, 0.3) is 0 Å². The second-order valence-corrected chi connectivity index (χ2v) is 5.94. The molecule has 0 fully saturated rings. The molecule has 1 aromatic heterocycles. The van der Waals surface area contributed by atoms with Crippen molar-refractivity contribution in [3.63, 3.8) is 0 Å². The lowest BCUT2D eigenvalue weighted by atomic mass is 10.00. The molecule has 0 saturated carbocycles. The summed E-state index contributed by atoms with van der Waals surface area (Å²) in [6.45, 7) is 2.11. The molecule has 2 N–H and O–H groups in total. The number of ether oxygens (including phenoxy) is 1. The van der Waals surface area contributed by atoms with Crippen LogP contribution in [0.5, 0.6) is 0 Å². The third kappa shape index (κ3) is 3.48.